The van der Waals surface area contributed by atoms with E-state index in [4.69, 9.17) is 12.2 Å². The van der Waals surface area contributed by atoms with Gasteiger partial charge in [-0.1, -0.05) is 20.8 Å². The number of phenolic OH excluding ortho intramolecular Hbond substituents is 1. The molecule has 0 aliphatic carbocycles. The molecular weight excluding hydrogens is 294 g/mol. The fourth-order valence-corrected chi connectivity index (χ4v) is 2.86. The predicted molar refractivity (Wildman–Crippen MR) is 85.5 cm³/mol. The highest BCUT2D eigenvalue weighted by Gasteiger charge is 2.26. The monoisotopic (exact) mass is 316 g/mol. The summed E-state index contributed by atoms with van der Waals surface area (Å²) in [6, 6.07) is 2.17. The topological polar surface area (TPSA) is 44.3 Å². The number of hydrogen-bond donors (Lipinski definition) is 3. The number of anilines is 1. The molecule has 0 saturated carbocycles. The molecule has 0 bridgehead atoms. The van der Waals surface area contributed by atoms with Crippen molar-refractivity contribution in [1.29, 1.82) is 0 Å². The average molecular weight is 316 g/mol. The normalized spacial score (nSPS) is 12.1. The molecule has 0 radical (unpaired) electrons. The summed E-state index contributed by atoms with van der Waals surface area (Å²) in [6.07, 6.45) is 0.853. The Hall–Kier alpha value is -1.43. The van der Waals surface area contributed by atoms with Gasteiger partial charge in [-0.05, 0) is 50.0 Å². The Morgan fingerprint density at radius 1 is 1.19 bits per heavy atom. The molecule has 1 rings (SSSR count). The van der Waals surface area contributed by atoms with Crippen molar-refractivity contribution in [1.82, 2.24) is 5.32 Å². The van der Waals surface area contributed by atoms with E-state index >= 15 is 0 Å². The minimum Gasteiger partial charge on any atom is -0.503 e. The molecule has 0 aromatic heterocycles. The van der Waals surface area contributed by atoms with Crippen molar-refractivity contribution < 1.29 is 13.9 Å². The summed E-state index contributed by atoms with van der Waals surface area (Å²) in [5.41, 5.74) is -0.148. The first-order valence-electron chi connectivity index (χ1n) is 6.67. The molecule has 0 aliphatic rings. The first-order chi connectivity index (χ1) is 9.41. The van der Waals surface area contributed by atoms with Crippen LogP contribution in [-0.2, 0) is 0 Å². The Balaban J connectivity index is 2.77. The third-order valence-corrected chi connectivity index (χ3v) is 2.95. The van der Waals surface area contributed by atoms with Gasteiger partial charge in [0.05, 0.1) is 5.69 Å². The number of benzene rings is 1. The third-order valence-electron chi connectivity index (χ3n) is 2.74. The molecule has 0 saturated heterocycles. The standard InChI is InChI=1S/C15H22F2N2OS/c1-14(2,3)8-15(4,5)19-13(21)18-10-7-6-9(16)11(17)12(10)20/h6-7,20H,8H2,1-5H3,(H2,18,19,21). The van der Waals surface area contributed by atoms with E-state index in [0.29, 0.717) is 0 Å². The van der Waals surface area contributed by atoms with Gasteiger partial charge < -0.3 is 15.7 Å². The summed E-state index contributed by atoms with van der Waals surface area (Å²) in [4.78, 5) is 0. The van der Waals surface area contributed by atoms with E-state index in [1.54, 1.807) is 0 Å². The van der Waals surface area contributed by atoms with Crippen LogP contribution in [0.15, 0.2) is 12.1 Å². The Morgan fingerprint density at radius 2 is 1.76 bits per heavy atom. The van der Waals surface area contributed by atoms with E-state index in [9.17, 15) is 13.9 Å². The molecule has 0 unspecified atom stereocenters. The average Bonchev–Trinajstić information content (AvgIpc) is 2.26. The molecule has 0 fully saturated rings. The summed E-state index contributed by atoms with van der Waals surface area (Å²) in [7, 11) is 0. The Labute approximate surface area is 129 Å². The van der Waals surface area contributed by atoms with Crippen molar-refractivity contribution in [2.75, 3.05) is 5.32 Å². The van der Waals surface area contributed by atoms with Crippen molar-refractivity contribution >= 4 is 23.0 Å². The van der Waals surface area contributed by atoms with Crippen molar-refractivity contribution in [2.45, 2.75) is 46.6 Å². The van der Waals surface area contributed by atoms with E-state index in [2.05, 4.69) is 31.4 Å². The molecule has 1 aromatic carbocycles. The van der Waals surface area contributed by atoms with Gasteiger partial charge in [0, 0.05) is 5.54 Å². The van der Waals surface area contributed by atoms with Gasteiger partial charge in [-0.2, -0.15) is 4.39 Å². The molecule has 3 N–H and O–H groups in total. The van der Waals surface area contributed by atoms with Crippen LogP contribution >= 0.6 is 12.2 Å². The number of nitrogens with one attached hydrogen (secondary N) is 2. The molecule has 6 heteroatoms. The fraction of sp³-hybridized carbons (Fsp3) is 0.533. The van der Waals surface area contributed by atoms with Crippen molar-refractivity contribution in [3.8, 4) is 5.75 Å². The van der Waals surface area contributed by atoms with E-state index in [1.807, 2.05) is 13.8 Å². The highest BCUT2D eigenvalue weighted by molar-refractivity contribution is 7.80. The number of aromatic hydroxyl groups is 1. The first-order valence-corrected chi connectivity index (χ1v) is 7.08. The maximum Gasteiger partial charge on any atom is 0.202 e. The maximum absolute atomic E-state index is 13.3. The van der Waals surface area contributed by atoms with Crippen LogP contribution in [0, 0.1) is 17.0 Å². The van der Waals surface area contributed by atoms with Crippen molar-refractivity contribution in [3.63, 3.8) is 0 Å². The van der Waals surface area contributed by atoms with Crippen molar-refractivity contribution in [2.24, 2.45) is 5.41 Å². The van der Waals surface area contributed by atoms with Crippen LogP contribution < -0.4 is 10.6 Å². The third kappa shape index (κ3) is 5.46. The Morgan fingerprint density at radius 3 is 2.29 bits per heavy atom. The van der Waals surface area contributed by atoms with Gasteiger partial charge in [-0.15, -0.1) is 0 Å². The van der Waals surface area contributed by atoms with Gasteiger partial charge >= 0.3 is 0 Å². The number of rotatable bonds is 3. The molecule has 0 amide bonds. The SMILES string of the molecule is CC(C)(C)CC(C)(C)NC(=S)Nc1ccc(F)c(F)c1O. The van der Waals surface area contributed by atoms with E-state index in [0.717, 1.165) is 12.5 Å². The molecule has 0 spiro atoms. The van der Waals surface area contributed by atoms with Crippen LogP contribution in [0.25, 0.3) is 0 Å². The molecule has 21 heavy (non-hydrogen) atoms. The Kier molecular flexibility index (Phi) is 5.15. The summed E-state index contributed by atoms with van der Waals surface area (Å²) in [6.45, 7) is 10.4. The molecule has 0 atom stereocenters. The summed E-state index contributed by atoms with van der Waals surface area (Å²) >= 11 is 5.16. The van der Waals surface area contributed by atoms with Crippen molar-refractivity contribution in [3.05, 3.63) is 23.8 Å². The molecule has 1 aromatic rings. The Bertz CT molecular complexity index is 539. The predicted octanol–water partition coefficient (Wildman–Crippen LogP) is 4.17. The van der Waals surface area contributed by atoms with Crippen LogP contribution in [-0.4, -0.2) is 15.8 Å². The fourth-order valence-electron chi connectivity index (χ4n) is 2.47. The summed E-state index contributed by atoms with van der Waals surface area (Å²) in [5.74, 6) is -3.19. The summed E-state index contributed by atoms with van der Waals surface area (Å²) in [5, 5.41) is 15.6. The second kappa shape index (κ2) is 6.13. The lowest BCUT2D eigenvalue weighted by atomic mass is 9.82. The van der Waals surface area contributed by atoms with E-state index < -0.39 is 17.4 Å². The first kappa shape index (κ1) is 17.6. The van der Waals surface area contributed by atoms with Gasteiger partial charge in [-0.3, -0.25) is 0 Å². The number of halogens is 2. The molecule has 3 nitrogen and oxygen atoms in total. The molecule has 118 valence electrons. The van der Waals surface area contributed by atoms with Gasteiger partial charge in [0.1, 0.15) is 0 Å². The van der Waals surface area contributed by atoms with E-state index in [-0.39, 0.29) is 21.8 Å². The van der Waals surface area contributed by atoms with Crippen LogP contribution in [0.4, 0.5) is 14.5 Å². The molecule has 0 aliphatic heterocycles. The lowest BCUT2D eigenvalue weighted by molar-refractivity contribution is 0.268. The minimum absolute atomic E-state index is 0.0259. The largest absolute Gasteiger partial charge is 0.503 e. The lowest BCUT2D eigenvalue weighted by Crippen LogP contribution is -2.47. The van der Waals surface area contributed by atoms with Gasteiger partial charge in [0.2, 0.25) is 5.82 Å². The second-order valence-corrected chi connectivity index (χ2v) is 7.37. The van der Waals surface area contributed by atoms with E-state index in [1.165, 1.54) is 6.07 Å². The zero-order valence-corrected chi connectivity index (χ0v) is 13.8. The highest BCUT2D eigenvalue weighted by Crippen LogP contribution is 2.29. The van der Waals surface area contributed by atoms with Crippen LogP contribution in [0.2, 0.25) is 0 Å². The van der Waals surface area contributed by atoms with Gasteiger partial charge in [-0.25, -0.2) is 4.39 Å². The van der Waals surface area contributed by atoms with Crippen LogP contribution in [0.3, 0.4) is 0 Å². The summed E-state index contributed by atoms with van der Waals surface area (Å²) < 4.78 is 26.2. The zero-order chi connectivity index (χ0) is 16.4. The lowest BCUT2D eigenvalue weighted by Gasteiger charge is -2.34. The zero-order valence-electron chi connectivity index (χ0n) is 13.0. The quantitative estimate of drug-likeness (QED) is 0.578. The number of phenols is 1. The van der Waals surface area contributed by atoms with Crippen LogP contribution in [0.5, 0.6) is 5.75 Å². The number of thiocarbonyl (C=S) groups is 1. The minimum atomic E-state index is -1.29. The smallest absolute Gasteiger partial charge is 0.202 e. The molecule has 0 heterocycles. The highest BCUT2D eigenvalue weighted by atomic mass is 32.1. The van der Waals surface area contributed by atoms with Crippen LogP contribution in [0.1, 0.15) is 41.0 Å². The second-order valence-electron chi connectivity index (χ2n) is 6.96. The molecular formula is C15H22F2N2OS. The maximum atomic E-state index is 13.3. The number of hydrogen-bond acceptors (Lipinski definition) is 2. The van der Waals surface area contributed by atoms with Gasteiger partial charge in [0.25, 0.3) is 0 Å². The van der Waals surface area contributed by atoms with Gasteiger partial charge in [0.15, 0.2) is 16.7 Å².